The minimum absolute atomic E-state index is 0.00526. The summed E-state index contributed by atoms with van der Waals surface area (Å²) in [5, 5.41) is 0.619. The molecule has 9 heteroatoms. The summed E-state index contributed by atoms with van der Waals surface area (Å²) in [6, 6.07) is 15.1. The molecule has 3 aromatic carbocycles. The average molecular weight is 480 g/mol. The van der Waals surface area contributed by atoms with Crippen LogP contribution in [0.1, 0.15) is 16.7 Å². The summed E-state index contributed by atoms with van der Waals surface area (Å²) in [6.45, 7) is 0.666. The summed E-state index contributed by atoms with van der Waals surface area (Å²) in [7, 11) is -4.26. The predicted molar refractivity (Wildman–Crippen MR) is 116 cm³/mol. The molecule has 0 bridgehead atoms. The van der Waals surface area contributed by atoms with Crippen molar-refractivity contribution in [2.75, 3.05) is 13.2 Å². The van der Waals surface area contributed by atoms with Gasteiger partial charge in [0.25, 0.3) is 0 Å². The highest BCUT2D eigenvalue weighted by atomic mass is 35.5. The van der Waals surface area contributed by atoms with E-state index in [1.165, 1.54) is 0 Å². The number of ether oxygens (including phenoxy) is 2. The van der Waals surface area contributed by atoms with Crippen molar-refractivity contribution in [1.29, 1.82) is 0 Å². The summed E-state index contributed by atoms with van der Waals surface area (Å²) in [5.74, 6) is -1.29. The van der Waals surface area contributed by atoms with Crippen LogP contribution in [-0.2, 0) is 34.5 Å². The molecule has 5 nitrogen and oxygen atoms in total. The third-order valence-corrected chi connectivity index (χ3v) is 7.29. The Bertz CT molecular complexity index is 1240. The number of nitrogens with zero attached hydrogens (tertiary/aromatic N) is 1. The zero-order valence-electron chi connectivity index (χ0n) is 16.9. The highest BCUT2D eigenvalue weighted by Crippen LogP contribution is 2.29. The maximum atomic E-state index is 14.2. The number of hydrogen-bond donors (Lipinski definition) is 0. The van der Waals surface area contributed by atoms with E-state index in [9.17, 15) is 17.2 Å². The molecule has 0 aliphatic carbocycles. The second-order valence-electron chi connectivity index (χ2n) is 7.29. The van der Waals surface area contributed by atoms with Gasteiger partial charge in [0.1, 0.15) is 28.9 Å². The lowest BCUT2D eigenvalue weighted by Crippen LogP contribution is -2.33. The van der Waals surface area contributed by atoms with E-state index in [1.807, 2.05) is 24.3 Å². The Labute approximate surface area is 190 Å². The number of fused-ring (bicyclic) bond motifs is 1. The molecular formula is C23H20ClF2NO4S. The molecule has 0 unspecified atom stereocenters. The first kappa shape index (κ1) is 22.7. The van der Waals surface area contributed by atoms with E-state index in [1.54, 1.807) is 18.2 Å². The molecular weight excluding hydrogens is 460 g/mol. The molecule has 3 aromatic rings. The predicted octanol–water partition coefficient (Wildman–Crippen LogP) is 4.92. The normalized spacial score (nSPS) is 14.5. The third-order valence-electron chi connectivity index (χ3n) is 5.07. The van der Waals surface area contributed by atoms with Crippen LogP contribution >= 0.6 is 11.6 Å². The second-order valence-corrected chi connectivity index (χ2v) is 9.60. The lowest BCUT2D eigenvalue weighted by Gasteiger charge is -2.20. The van der Waals surface area contributed by atoms with Gasteiger partial charge in [-0.1, -0.05) is 35.9 Å². The van der Waals surface area contributed by atoms with Crippen LogP contribution in [-0.4, -0.2) is 25.9 Å². The minimum Gasteiger partial charge on any atom is -0.492 e. The first-order valence-corrected chi connectivity index (χ1v) is 11.7. The Kier molecular flexibility index (Phi) is 6.76. The van der Waals surface area contributed by atoms with Crippen LogP contribution in [0.2, 0.25) is 5.02 Å². The van der Waals surface area contributed by atoms with Crippen molar-refractivity contribution in [3.8, 4) is 5.75 Å². The molecule has 0 radical (unpaired) electrons. The van der Waals surface area contributed by atoms with Gasteiger partial charge in [-0.2, -0.15) is 4.31 Å². The van der Waals surface area contributed by atoms with Crippen molar-refractivity contribution in [2.45, 2.75) is 24.7 Å². The number of halogens is 3. The van der Waals surface area contributed by atoms with E-state index in [0.717, 1.165) is 27.6 Å². The second kappa shape index (κ2) is 9.54. The lowest BCUT2D eigenvalue weighted by molar-refractivity contribution is 0.107. The number of sulfonamides is 1. The van der Waals surface area contributed by atoms with Crippen molar-refractivity contribution in [2.24, 2.45) is 0 Å². The SMILES string of the molecule is O=S(=O)(c1cc(F)ccc1F)N1CCOc2ccc(COCc3ccccc3Cl)cc2C1. The van der Waals surface area contributed by atoms with E-state index in [2.05, 4.69) is 0 Å². The Morgan fingerprint density at radius 3 is 2.66 bits per heavy atom. The van der Waals surface area contributed by atoms with Gasteiger partial charge in [0.2, 0.25) is 10.0 Å². The number of benzene rings is 3. The van der Waals surface area contributed by atoms with Crippen LogP contribution in [0, 0.1) is 11.6 Å². The fraction of sp³-hybridized carbons (Fsp3) is 0.217. The Balaban J connectivity index is 1.52. The van der Waals surface area contributed by atoms with Crippen molar-refractivity contribution >= 4 is 21.6 Å². The summed E-state index contributed by atoms with van der Waals surface area (Å²) < 4.78 is 66.3. The fourth-order valence-corrected chi connectivity index (χ4v) is 5.10. The van der Waals surface area contributed by atoms with Gasteiger partial charge in [-0.3, -0.25) is 0 Å². The summed E-state index contributed by atoms with van der Waals surface area (Å²) in [6.07, 6.45) is 0. The monoisotopic (exact) mass is 479 g/mol. The smallest absolute Gasteiger partial charge is 0.246 e. The Morgan fingerprint density at radius 2 is 1.84 bits per heavy atom. The fourth-order valence-electron chi connectivity index (χ4n) is 3.43. The zero-order chi connectivity index (χ0) is 22.7. The summed E-state index contributed by atoms with van der Waals surface area (Å²) in [4.78, 5) is -0.694. The molecule has 0 N–H and O–H groups in total. The molecule has 0 spiro atoms. The van der Waals surface area contributed by atoms with Gasteiger partial charge in [0.05, 0.1) is 13.2 Å². The highest BCUT2D eigenvalue weighted by Gasteiger charge is 2.30. The van der Waals surface area contributed by atoms with Gasteiger partial charge < -0.3 is 9.47 Å². The quantitative estimate of drug-likeness (QED) is 0.503. The largest absolute Gasteiger partial charge is 0.492 e. The molecule has 0 fully saturated rings. The standard InChI is InChI=1S/C23H20ClF2NO4S/c24-20-4-2-1-3-17(20)15-30-14-16-5-8-22-18(11-16)13-27(9-10-31-22)32(28,29)23-12-19(25)6-7-21(23)26/h1-8,11-12H,9-10,13-15H2. The van der Waals surface area contributed by atoms with E-state index in [-0.39, 0.29) is 26.3 Å². The number of hydrogen-bond acceptors (Lipinski definition) is 4. The van der Waals surface area contributed by atoms with Crippen molar-refractivity contribution in [1.82, 2.24) is 4.31 Å². The summed E-state index contributed by atoms with van der Waals surface area (Å²) in [5.41, 5.74) is 2.29. The van der Waals surface area contributed by atoms with Gasteiger partial charge in [-0.05, 0) is 47.5 Å². The average Bonchev–Trinajstić information content (AvgIpc) is 2.99. The van der Waals surface area contributed by atoms with Crippen LogP contribution in [0.25, 0.3) is 0 Å². The molecule has 32 heavy (non-hydrogen) atoms. The van der Waals surface area contributed by atoms with Gasteiger partial charge in [0, 0.05) is 23.7 Å². The lowest BCUT2D eigenvalue weighted by atomic mass is 10.1. The van der Waals surface area contributed by atoms with Crippen LogP contribution in [0.5, 0.6) is 5.75 Å². The molecule has 0 saturated carbocycles. The third kappa shape index (κ3) is 4.94. The molecule has 1 aliphatic heterocycles. The molecule has 0 saturated heterocycles. The van der Waals surface area contributed by atoms with Gasteiger partial charge in [0.15, 0.2) is 0 Å². The van der Waals surface area contributed by atoms with E-state index >= 15 is 0 Å². The first-order valence-electron chi connectivity index (χ1n) is 9.85. The van der Waals surface area contributed by atoms with Crippen molar-refractivity contribution in [3.05, 3.63) is 94.0 Å². The first-order chi connectivity index (χ1) is 15.3. The Hall–Kier alpha value is -2.52. The van der Waals surface area contributed by atoms with Gasteiger partial charge in [-0.15, -0.1) is 0 Å². The molecule has 4 rings (SSSR count). The minimum atomic E-state index is -4.26. The molecule has 0 aromatic heterocycles. The van der Waals surface area contributed by atoms with E-state index in [0.29, 0.717) is 29.0 Å². The van der Waals surface area contributed by atoms with E-state index < -0.39 is 26.6 Å². The molecule has 1 aliphatic rings. The van der Waals surface area contributed by atoms with Crippen LogP contribution in [0.15, 0.2) is 65.6 Å². The highest BCUT2D eigenvalue weighted by molar-refractivity contribution is 7.89. The zero-order valence-corrected chi connectivity index (χ0v) is 18.5. The maximum absolute atomic E-state index is 14.2. The molecule has 0 amide bonds. The van der Waals surface area contributed by atoms with Crippen LogP contribution in [0.3, 0.4) is 0 Å². The van der Waals surface area contributed by atoms with Crippen LogP contribution in [0.4, 0.5) is 8.78 Å². The molecule has 1 heterocycles. The Morgan fingerprint density at radius 1 is 1.03 bits per heavy atom. The van der Waals surface area contributed by atoms with Crippen molar-refractivity contribution in [3.63, 3.8) is 0 Å². The van der Waals surface area contributed by atoms with Crippen molar-refractivity contribution < 1.29 is 26.7 Å². The maximum Gasteiger partial charge on any atom is 0.246 e. The van der Waals surface area contributed by atoms with Gasteiger partial charge >= 0.3 is 0 Å². The summed E-state index contributed by atoms with van der Waals surface area (Å²) >= 11 is 6.14. The van der Waals surface area contributed by atoms with Gasteiger partial charge in [-0.25, -0.2) is 17.2 Å². The van der Waals surface area contributed by atoms with E-state index in [4.69, 9.17) is 21.1 Å². The number of rotatable bonds is 6. The molecule has 168 valence electrons. The topological polar surface area (TPSA) is 55.8 Å². The molecule has 0 atom stereocenters. The van der Waals surface area contributed by atoms with Crippen LogP contribution < -0.4 is 4.74 Å².